The summed E-state index contributed by atoms with van der Waals surface area (Å²) in [4.78, 5) is 0. The van der Waals surface area contributed by atoms with Crippen LogP contribution in [0.2, 0.25) is 0 Å². The molecule has 0 amide bonds. The molecule has 61 valence electrons. The van der Waals surface area contributed by atoms with Gasteiger partial charge in [-0.25, -0.2) is 0 Å². The molecule has 0 aromatic rings. The SMILES string of the molecule is CC(C)[O][Ti]([Cl])[O]C(C)C. The van der Waals surface area contributed by atoms with Crippen molar-refractivity contribution in [3.05, 3.63) is 0 Å². The van der Waals surface area contributed by atoms with Gasteiger partial charge in [-0.1, -0.05) is 0 Å². The van der Waals surface area contributed by atoms with E-state index in [1.807, 2.05) is 27.7 Å². The van der Waals surface area contributed by atoms with Crippen molar-refractivity contribution in [1.82, 2.24) is 0 Å². The van der Waals surface area contributed by atoms with Crippen molar-refractivity contribution in [2.75, 3.05) is 0 Å². The Balaban J connectivity index is 3.34. The van der Waals surface area contributed by atoms with Crippen molar-refractivity contribution < 1.29 is 24.2 Å². The molecule has 0 spiro atoms. The second kappa shape index (κ2) is 5.56. The molecular formula is C6H14ClO2Ti. The molecule has 0 saturated carbocycles. The molecule has 10 heavy (non-hydrogen) atoms. The summed E-state index contributed by atoms with van der Waals surface area (Å²) in [6.07, 6.45) is 0.373. The van der Waals surface area contributed by atoms with Gasteiger partial charge in [0.25, 0.3) is 0 Å². The van der Waals surface area contributed by atoms with Gasteiger partial charge in [-0.05, 0) is 0 Å². The van der Waals surface area contributed by atoms with E-state index in [4.69, 9.17) is 15.9 Å². The number of hydrogen-bond acceptors (Lipinski definition) is 2. The van der Waals surface area contributed by atoms with E-state index >= 15 is 0 Å². The molecule has 0 rings (SSSR count). The van der Waals surface area contributed by atoms with Crippen LogP contribution < -0.4 is 0 Å². The molecule has 0 aromatic carbocycles. The van der Waals surface area contributed by atoms with E-state index in [9.17, 15) is 0 Å². The standard InChI is InChI=1S/2C3H7O.ClH.Ti/c2*1-3(2)4;;/h2*3H,1-2H3;1H;/q2*-1;;+3/p-1. The third-order valence-electron chi connectivity index (χ3n) is 0.657. The maximum atomic E-state index is 5.79. The zero-order chi connectivity index (χ0) is 8.15. The molecule has 0 N–H and O–H groups in total. The molecule has 0 saturated heterocycles. The molecule has 0 aliphatic rings. The van der Waals surface area contributed by atoms with Gasteiger partial charge in [-0.3, -0.25) is 0 Å². The van der Waals surface area contributed by atoms with E-state index < -0.39 is 17.6 Å². The normalized spacial score (nSPS) is 11.1. The van der Waals surface area contributed by atoms with Gasteiger partial charge in [0.1, 0.15) is 0 Å². The van der Waals surface area contributed by atoms with Crippen LogP contribution in [-0.4, -0.2) is 12.2 Å². The average Bonchev–Trinajstić information content (AvgIpc) is 1.58. The zero-order valence-corrected chi connectivity index (χ0v) is 9.17. The van der Waals surface area contributed by atoms with Crippen molar-refractivity contribution in [3.8, 4) is 0 Å². The first-order chi connectivity index (χ1) is 4.52. The van der Waals surface area contributed by atoms with E-state index in [2.05, 4.69) is 0 Å². The molecule has 2 nitrogen and oxygen atoms in total. The van der Waals surface area contributed by atoms with E-state index in [1.54, 1.807) is 0 Å². The Morgan fingerprint density at radius 1 is 1.00 bits per heavy atom. The summed E-state index contributed by atoms with van der Waals surface area (Å²) in [5.41, 5.74) is 0. The Morgan fingerprint density at radius 3 is 1.50 bits per heavy atom. The van der Waals surface area contributed by atoms with Crippen molar-refractivity contribution in [2.45, 2.75) is 39.9 Å². The molecule has 0 aliphatic carbocycles. The summed E-state index contributed by atoms with van der Waals surface area (Å²) in [7, 11) is 5.79. The Labute approximate surface area is 73.5 Å². The molecule has 0 bridgehead atoms. The third kappa shape index (κ3) is 7.04. The topological polar surface area (TPSA) is 18.5 Å². The summed E-state index contributed by atoms with van der Waals surface area (Å²) in [6.45, 7) is 7.83. The molecule has 4 heteroatoms. The van der Waals surface area contributed by atoms with Gasteiger partial charge in [-0.15, -0.1) is 0 Å². The van der Waals surface area contributed by atoms with Crippen molar-refractivity contribution in [1.29, 1.82) is 0 Å². The van der Waals surface area contributed by atoms with Crippen LogP contribution in [0, 0.1) is 0 Å². The monoisotopic (exact) mass is 201 g/mol. The van der Waals surface area contributed by atoms with E-state index in [0.717, 1.165) is 0 Å². The van der Waals surface area contributed by atoms with Gasteiger partial charge >= 0.3 is 73.4 Å². The average molecular weight is 201 g/mol. The second-order valence-electron chi connectivity index (χ2n) is 2.57. The maximum absolute atomic E-state index is 5.79. The summed E-state index contributed by atoms with van der Waals surface area (Å²) in [6, 6.07) is 0. The Bertz CT molecular complexity index is 77.8. The third-order valence-corrected chi connectivity index (χ3v) is 3.44. The van der Waals surface area contributed by atoms with Gasteiger partial charge in [0, 0.05) is 0 Å². The van der Waals surface area contributed by atoms with Crippen LogP contribution in [0.3, 0.4) is 0 Å². The number of halogens is 1. The fraction of sp³-hybridized carbons (Fsp3) is 1.00. The second-order valence-corrected chi connectivity index (χ2v) is 5.32. The first-order valence-electron chi connectivity index (χ1n) is 3.38. The molecule has 0 heterocycles. The summed E-state index contributed by atoms with van der Waals surface area (Å²) < 4.78 is 10.5. The molecule has 0 fully saturated rings. The minimum atomic E-state index is -2.09. The van der Waals surface area contributed by atoms with Crippen LogP contribution in [-0.2, 0) is 24.2 Å². The van der Waals surface area contributed by atoms with E-state index in [0.29, 0.717) is 0 Å². The van der Waals surface area contributed by atoms with Crippen LogP contribution in [0.5, 0.6) is 0 Å². The summed E-state index contributed by atoms with van der Waals surface area (Å²) in [5.74, 6) is 0. The number of rotatable bonds is 4. The van der Waals surface area contributed by atoms with E-state index in [1.165, 1.54) is 0 Å². The summed E-state index contributed by atoms with van der Waals surface area (Å²) >= 11 is -2.09. The van der Waals surface area contributed by atoms with Crippen LogP contribution >= 0.6 is 9.30 Å². The van der Waals surface area contributed by atoms with Crippen LogP contribution in [0.1, 0.15) is 27.7 Å². The van der Waals surface area contributed by atoms with E-state index in [-0.39, 0.29) is 12.2 Å². The predicted octanol–water partition coefficient (Wildman–Crippen LogP) is 2.44. The molecular weight excluding hydrogens is 187 g/mol. The first-order valence-corrected chi connectivity index (χ1v) is 6.80. The summed E-state index contributed by atoms with van der Waals surface area (Å²) in [5, 5.41) is 0. The van der Waals surface area contributed by atoms with Gasteiger partial charge in [-0.2, -0.15) is 0 Å². The molecule has 0 radical (unpaired) electrons. The van der Waals surface area contributed by atoms with Gasteiger partial charge in [0.2, 0.25) is 0 Å². The molecule has 0 atom stereocenters. The van der Waals surface area contributed by atoms with Crippen LogP contribution in [0.15, 0.2) is 0 Å². The predicted molar refractivity (Wildman–Crippen MR) is 38.3 cm³/mol. The van der Waals surface area contributed by atoms with Crippen molar-refractivity contribution >= 4 is 9.30 Å². The fourth-order valence-corrected chi connectivity index (χ4v) is 3.11. The first kappa shape index (κ1) is 10.9. The van der Waals surface area contributed by atoms with Gasteiger partial charge in [0.05, 0.1) is 0 Å². The van der Waals surface area contributed by atoms with Gasteiger partial charge < -0.3 is 0 Å². The minimum absolute atomic E-state index is 0.186. The Kier molecular flexibility index (Phi) is 6.07. The van der Waals surface area contributed by atoms with Gasteiger partial charge in [0.15, 0.2) is 0 Å². The molecule has 0 unspecified atom stereocenters. The Morgan fingerprint density at radius 2 is 1.30 bits per heavy atom. The fourth-order valence-electron chi connectivity index (χ4n) is 0.398. The zero-order valence-electron chi connectivity index (χ0n) is 6.85. The molecule has 0 aliphatic heterocycles. The van der Waals surface area contributed by atoms with Crippen molar-refractivity contribution in [2.24, 2.45) is 0 Å². The Hall–Kier alpha value is 0.924. The van der Waals surface area contributed by atoms with Crippen molar-refractivity contribution in [3.63, 3.8) is 0 Å². The van der Waals surface area contributed by atoms with Crippen LogP contribution in [0.25, 0.3) is 0 Å². The number of hydrogen-bond donors (Lipinski definition) is 0. The quantitative estimate of drug-likeness (QED) is 0.651. The van der Waals surface area contributed by atoms with Crippen LogP contribution in [0.4, 0.5) is 0 Å². The molecule has 0 aromatic heterocycles.